The van der Waals surface area contributed by atoms with E-state index in [9.17, 15) is 5.11 Å². The van der Waals surface area contributed by atoms with Crippen molar-refractivity contribution in [1.82, 2.24) is 19.6 Å². The zero-order chi connectivity index (χ0) is 23.4. The van der Waals surface area contributed by atoms with Crippen LogP contribution in [0.3, 0.4) is 0 Å². The smallest absolute Gasteiger partial charge is 0.165 e. The zero-order valence-corrected chi connectivity index (χ0v) is 19.3. The van der Waals surface area contributed by atoms with Crippen molar-refractivity contribution in [3.05, 3.63) is 84.2 Å². The lowest BCUT2D eigenvalue weighted by Gasteiger charge is -2.42. The van der Waals surface area contributed by atoms with Crippen LogP contribution in [0.1, 0.15) is 43.9 Å². The van der Waals surface area contributed by atoms with Crippen LogP contribution >= 0.6 is 0 Å². The number of fused-ring (bicyclic) bond motifs is 3. The predicted octanol–water partition coefficient (Wildman–Crippen LogP) is 5.04. The standard InChI is InChI=1S/C28H27N5O/c1-17(2)24-13-25-30-16-20-12-23(18-6-4-3-5-7-18)26(31-27(20)33(25)32-24)19-8-10-21(11-9-19)28(29)14-22(34)15-28/h3-13,16-17,22,34H,14-15,29H2,1-2H3/t22-,28-. The van der Waals surface area contributed by atoms with Gasteiger partial charge in [-0.15, -0.1) is 0 Å². The van der Waals surface area contributed by atoms with Crippen LogP contribution in [-0.4, -0.2) is 30.8 Å². The molecule has 0 spiro atoms. The summed E-state index contributed by atoms with van der Waals surface area (Å²) >= 11 is 0. The van der Waals surface area contributed by atoms with E-state index < -0.39 is 5.54 Å². The Morgan fingerprint density at radius 3 is 2.41 bits per heavy atom. The van der Waals surface area contributed by atoms with Gasteiger partial charge in [0.25, 0.3) is 0 Å². The molecule has 6 rings (SSSR count). The second-order valence-electron chi connectivity index (χ2n) is 9.71. The van der Waals surface area contributed by atoms with Crippen molar-refractivity contribution in [3.8, 4) is 22.4 Å². The van der Waals surface area contributed by atoms with E-state index in [0.717, 1.165) is 50.3 Å². The highest BCUT2D eigenvalue weighted by Gasteiger charge is 2.41. The molecule has 3 aromatic heterocycles. The monoisotopic (exact) mass is 449 g/mol. The lowest BCUT2D eigenvalue weighted by molar-refractivity contribution is 0.0209. The minimum Gasteiger partial charge on any atom is -0.393 e. The van der Waals surface area contributed by atoms with Crippen LogP contribution in [0.5, 0.6) is 0 Å². The average Bonchev–Trinajstić information content (AvgIpc) is 3.28. The summed E-state index contributed by atoms with van der Waals surface area (Å²) in [6.07, 6.45) is 2.76. The van der Waals surface area contributed by atoms with Gasteiger partial charge < -0.3 is 10.8 Å². The summed E-state index contributed by atoms with van der Waals surface area (Å²) in [6, 6.07) is 22.8. The minimum atomic E-state index is -0.447. The molecule has 1 saturated carbocycles. The van der Waals surface area contributed by atoms with Gasteiger partial charge in [-0.3, -0.25) is 0 Å². The number of nitrogens with two attached hydrogens (primary N) is 1. The Kier molecular flexibility index (Phi) is 4.76. The second-order valence-corrected chi connectivity index (χ2v) is 9.71. The van der Waals surface area contributed by atoms with Crippen LogP contribution in [0.4, 0.5) is 0 Å². The number of hydrogen-bond donors (Lipinski definition) is 2. The number of aliphatic hydroxyl groups excluding tert-OH is 1. The first-order valence-corrected chi connectivity index (χ1v) is 11.7. The molecule has 34 heavy (non-hydrogen) atoms. The number of hydrogen-bond acceptors (Lipinski definition) is 5. The number of pyridine rings is 1. The molecule has 3 N–H and O–H groups in total. The summed E-state index contributed by atoms with van der Waals surface area (Å²) in [5.74, 6) is 0.306. The van der Waals surface area contributed by atoms with Crippen LogP contribution in [0.25, 0.3) is 39.1 Å². The van der Waals surface area contributed by atoms with Gasteiger partial charge in [-0.1, -0.05) is 68.4 Å². The largest absolute Gasteiger partial charge is 0.393 e. The van der Waals surface area contributed by atoms with E-state index in [-0.39, 0.29) is 6.10 Å². The van der Waals surface area contributed by atoms with Crippen molar-refractivity contribution in [2.45, 2.75) is 44.2 Å². The molecule has 0 atom stereocenters. The first kappa shape index (κ1) is 21.0. The molecule has 6 nitrogen and oxygen atoms in total. The molecule has 1 fully saturated rings. The Labute approximate surface area is 198 Å². The Morgan fingerprint density at radius 2 is 1.74 bits per heavy atom. The molecule has 0 radical (unpaired) electrons. The van der Waals surface area contributed by atoms with Crippen molar-refractivity contribution in [3.63, 3.8) is 0 Å². The molecule has 0 aliphatic heterocycles. The summed E-state index contributed by atoms with van der Waals surface area (Å²) in [5.41, 5.74) is 13.7. The van der Waals surface area contributed by atoms with E-state index in [0.29, 0.717) is 18.8 Å². The minimum absolute atomic E-state index is 0.306. The molecular weight excluding hydrogens is 422 g/mol. The van der Waals surface area contributed by atoms with E-state index in [2.05, 4.69) is 61.3 Å². The molecule has 0 amide bonds. The Balaban J connectivity index is 1.55. The third-order valence-corrected chi connectivity index (χ3v) is 6.89. The molecule has 6 heteroatoms. The van der Waals surface area contributed by atoms with Crippen molar-refractivity contribution in [2.75, 3.05) is 0 Å². The Hall–Kier alpha value is -3.61. The fraction of sp³-hybridized carbons (Fsp3) is 0.250. The maximum Gasteiger partial charge on any atom is 0.165 e. The van der Waals surface area contributed by atoms with E-state index in [4.69, 9.17) is 15.8 Å². The number of rotatable bonds is 4. The van der Waals surface area contributed by atoms with Crippen molar-refractivity contribution >= 4 is 16.7 Å². The van der Waals surface area contributed by atoms with E-state index in [1.54, 1.807) is 0 Å². The van der Waals surface area contributed by atoms with Crippen LogP contribution in [0.2, 0.25) is 0 Å². The van der Waals surface area contributed by atoms with Gasteiger partial charge in [0.05, 0.1) is 17.5 Å². The van der Waals surface area contributed by atoms with Crippen LogP contribution in [0.15, 0.2) is 72.9 Å². The van der Waals surface area contributed by atoms with E-state index >= 15 is 0 Å². The normalized spacial score (nSPS) is 20.2. The molecule has 1 aliphatic rings. The van der Waals surface area contributed by atoms with Gasteiger partial charge in [-0.25, -0.2) is 9.97 Å². The lowest BCUT2D eigenvalue weighted by atomic mass is 9.70. The maximum absolute atomic E-state index is 9.76. The summed E-state index contributed by atoms with van der Waals surface area (Å²) < 4.78 is 1.85. The highest BCUT2D eigenvalue weighted by molar-refractivity contribution is 5.90. The summed E-state index contributed by atoms with van der Waals surface area (Å²) in [5, 5.41) is 15.5. The summed E-state index contributed by atoms with van der Waals surface area (Å²) in [7, 11) is 0. The SMILES string of the molecule is CC(C)c1cc2ncc3cc(-c4ccccc4)c(-c4ccc([C@]5(N)C[C@H](O)C5)cc4)nc3n2n1. The van der Waals surface area contributed by atoms with Crippen molar-refractivity contribution in [2.24, 2.45) is 5.73 Å². The zero-order valence-electron chi connectivity index (χ0n) is 19.3. The molecule has 0 unspecified atom stereocenters. The van der Waals surface area contributed by atoms with Gasteiger partial charge in [-0.05, 0) is 36.0 Å². The molecule has 0 bridgehead atoms. The number of aliphatic hydroxyl groups is 1. The van der Waals surface area contributed by atoms with E-state index in [1.165, 1.54) is 0 Å². The highest BCUT2D eigenvalue weighted by Crippen LogP contribution is 2.40. The van der Waals surface area contributed by atoms with Gasteiger partial charge in [0, 0.05) is 34.3 Å². The van der Waals surface area contributed by atoms with Crippen molar-refractivity contribution in [1.29, 1.82) is 0 Å². The molecular formula is C28H27N5O. The first-order valence-electron chi connectivity index (χ1n) is 11.7. The Bertz CT molecular complexity index is 1500. The Morgan fingerprint density at radius 1 is 1.00 bits per heavy atom. The van der Waals surface area contributed by atoms with E-state index in [1.807, 2.05) is 35.0 Å². The predicted molar refractivity (Wildman–Crippen MR) is 134 cm³/mol. The molecule has 3 heterocycles. The fourth-order valence-corrected chi connectivity index (χ4v) is 4.87. The summed E-state index contributed by atoms with van der Waals surface area (Å²) in [4.78, 5) is 9.79. The molecule has 170 valence electrons. The van der Waals surface area contributed by atoms with Gasteiger partial charge in [-0.2, -0.15) is 9.61 Å². The first-order chi connectivity index (χ1) is 16.4. The van der Waals surface area contributed by atoms with Crippen molar-refractivity contribution < 1.29 is 5.11 Å². The maximum atomic E-state index is 9.76. The molecule has 1 aliphatic carbocycles. The third-order valence-electron chi connectivity index (χ3n) is 6.89. The van der Waals surface area contributed by atoms with Gasteiger partial charge in [0.2, 0.25) is 0 Å². The molecule has 5 aromatic rings. The quantitative estimate of drug-likeness (QED) is 0.401. The highest BCUT2D eigenvalue weighted by atomic mass is 16.3. The van der Waals surface area contributed by atoms with Gasteiger partial charge >= 0.3 is 0 Å². The number of aromatic nitrogens is 4. The van der Waals surface area contributed by atoms with Crippen LogP contribution in [0, 0.1) is 0 Å². The fourth-order valence-electron chi connectivity index (χ4n) is 4.87. The molecule has 2 aromatic carbocycles. The van der Waals surface area contributed by atoms with Gasteiger partial charge in [0.1, 0.15) is 0 Å². The third kappa shape index (κ3) is 3.38. The topological polar surface area (TPSA) is 89.3 Å². The van der Waals surface area contributed by atoms with Crippen LogP contribution in [-0.2, 0) is 5.54 Å². The number of benzene rings is 2. The van der Waals surface area contributed by atoms with Gasteiger partial charge in [0.15, 0.2) is 11.3 Å². The number of nitrogens with zero attached hydrogens (tertiary/aromatic N) is 4. The lowest BCUT2D eigenvalue weighted by Crippen LogP contribution is -2.51. The average molecular weight is 450 g/mol. The summed E-state index contributed by atoms with van der Waals surface area (Å²) in [6.45, 7) is 4.26. The molecule has 0 saturated heterocycles. The van der Waals surface area contributed by atoms with Crippen LogP contribution < -0.4 is 5.73 Å². The second kappa shape index (κ2) is 7.72.